The van der Waals surface area contributed by atoms with Gasteiger partial charge in [0.2, 0.25) is 5.91 Å². The summed E-state index contributed by atoms with van der Waals surface area (Å²) >= 11 is 0. The van der Waals surface area contributed by atoms with Gasteiger partial charge in [-0.05, 0) is 49.9 Å². The lowest BCUT2D eigenvalue weighted by Gasteiger charge is -2.38. The maximum atomic E-state index is 12.6. The minimum atomic E-state index is 0.166. The van der Waals surface area contributed by atoms with Gasteiger partial charge in [0.25, 0.3) is 0 Å². The van der Waals surface area contributed by atoms with E-state index in [2.05, 4.69) is 28.1 Å². The average Bonchev–Trinajstić information content (AvgIpc) is 3.10. The molecule has 2 aliphatic rings. The summed E-state index contributed by atoms with van der Waals surface area (Å²) in [7, 11) is 1.97. The lowest BCUT2D eigenvalue weighted by molar-refractivity contribution is -0.128. The van der Waals surface area contributed by atoms with Crippen LogP contribution in [0.5, 0.6) is 0 Å². The van der Waals surface area contributed by atoms with Crippen molar-refractivity contribution in [3.63, 3.8) is 0 Å². The summed E-state index contributed by atoms with van der Waals surface area (Å²) < 4.78 is 1.89. The van der Waals surface area contributed by atoms with Gasteiger partial charge in [-0.15, -0.1) is 0 Å². The highest BCUT2D eigenvalue weighted by molar-refractivity contribution is 5.79. The van der Waals surface area contributed by atoms with Gasteiger partial charge in [0.1, 0.15) is 0 Å². The monoisotopic (exact) mass is 353 g/mol. The van der Waals surface area contributed by atoms with Crippen LogP contribution in [-0.4, -0.2) is 50.1 Å². The number of nitrogens with zero attached hydrogens (tertiary/aromatic N) is 5. The van der Waals surface area contributed by atoms with Crippen molar-refractivity contribution in [3.05, 3.63) is 47.5 Å². The molecule has 2 fully saturated rings. The summed E-state index contributed by atoms with van der Waals surface area (Å²) in [5.74, 6) is 0.297. The number of carbonyl (C=O) groups excluding carboxylic acids is 1. The minimum Gasteiger partial charge on any atom is -0.338 e. The third-order valence-electron chi connectivity index (χ3n) is 5.93. The van der Waals surface area contributed by atoms with Crippen LogP contribution in [0.3, 0.4) is 0 Å². The molecule has 0 unspecified atom stereocenters. The van der Waals surface area contributed by atoms with Crippen molar-refractivity contribution in [1.82, 2.24) is 24.6 Å². The van der Waals surface area contributed by atoms with Crippen LogP contribution >= 0.6 is 0 Å². The Morgan fingerprint density at radius 2 is 2.04 bits per heavy atom. The molecule has 4 rings (SSSR count). The Morgan fingerprint density at radius 3 is 2.69 bits per heavy atom. The number of hydrogen-bond donors (Lipinski definition) is 0. The van der Waals surface area contributed by atoms with Crippen molar-refractivity contribution in [2.24, 2.45) is 12.5 Å². The van der Waals surface area contributed by atoms with Crippen molar-refractivity contribution in [1.29, 1.82) is 0 Å². The fraction of sp³-hybridized carbons (Fsp3) is 0.550. The third kappa shape index (κ3) is 3.51. The molecule has 6 nitrogen and oxygen atoms in total. The molecule has 6 heteroatoms. The number of likely N-dealkylation sites (tertiary alicyclic amines) is 2. The van der Waals surface area contributed by atoms with Crippen LogP contribution in [0.1, 0.15) is 36.1 Å². The second kappa shape index (κ2) is 6.83. The molecule has 26 heavy (non-hydrogen) atoms. The summed E-state index contributed by atoms with van der Waals surface area (Å²) in [5.41, 5.74) is 3.71. The fourth-order valence-corrected chi connectivity index (χ4v) is 4.40. The quantitative estimate of drug-likeness (QED) is 0.845. The molecule has 2 aromatic heterocycles. The highest BCUT2D eigenvalue weighted by atomic mass is 16.2. The van der Waals surface area contributed by atoms with Crippen LogP contribution in [0.2, 0.25) is 0 Å². The Morgan fingerprint density at radius 1 is 1.23 bits per heavy atom. The van der Waals surface area contributed by atoms with E-state index in [4.69, 9.17) is 0 Å². The van der Waals surface area contributed by atoms with Gasteiger partial charge in [0, 0.05) is 57.3 Å². The van der Waals surface area contributed by atoms with Gasteiger partial charge in [-0.3, -0.25) is 19.4 Å². The Bertz CT molecular complexity index is 777. The molecular formula is C20H27N5O. The Kier molecular flexibility index (Phi) is 4.53. The molecule has 0 bridgehead atoms. The van der Waals surface area contributed by atoms with Gasteiger partial charge in [0.05, 0.1) is 5.69 Å². The first-order chi connectivity index (χ1) is 12.5. The topological polar surface area (TPSA) is 54.3 Å². The molecule has 1 amide bonds. The largest absolute Gasteiger partial charge is 0.338 e. The van der Waals surface area contributed by atoms with Gasteiger partial charge in [-0.25, -0.2) is 0 Å². The third-order valence-corrected chi connectivity index (χ3v) is 5.93. The van der Waals surface area contributed by atoms with E-state index in [1.54, 1.807) is 6.20 Å². The summed E-state index contributed by atoms with van der Waals surface area (Å²) in [6.45, 7) is 6.73. The molecule has 2 saturated heterocycles. The van der Waals surface area contributed by atoms with Crippen LogP contribution < -0.4 is 0 Å². The maximum Gasteiger partial charge on any atom is 0.223 e. The number of rotatable bonds is 4. The van der Waals surface area contributed by atoms with Gasteiger partial charge >= 0.3 is 0 Å². The predicted octanol–water partition coefficient (Wildman–Crippen LogP) is 2.14. The van der Waals surface area contributed by atoms with Crippen LogP contribution in [0.4, 0.5) is 0 Å². The van der Waals surface area contributed by atoms with Crippen LogP contribution in [-0.2, 0) is 24.9 Å². The number of aryl methyl sites for hydroxylation is 2. The molecule has 0 aliphatic carbocycles. The van der Waals surface area contributed by atoms with E-state index in [1.165, 1.54) is 5.56 Å². The standard InChI is InChI=1S/C20H27N5O/c1-16-18(13-23(2)22-16)14-24-8-5-20(6-9-24)10-19(26)25(15-20)12-17-4-3-7-21-11-17/h3-4,7,11,13H,5-6,8-10,12,14-15H2,1-2H3. The van der Waals surface area contributed by atoms with Crippen LogP contribution in [0.25, 0.3) is 0 Å². The van der Waals surface area contributed by atoms with Gasteiger partial charge < -0.3 is 4.90 Å². The maximum absolute atomic E-state index is 12.6. The van der Waals surface area contributed by atoms with Crippen molar-refractivity contribution in [2.45, 2.75) is 39.3 Å². The highest BCUT2D eigenvalue weighted by Gasteiger charge is 2.44. The summed E-state index contributed by atoms with van der Waals surface area (Å²) in [4.78, 5) is 21.2. The number of piperidine rings is 1. The fourth-order valence-electron chi connectivity index (χ4n) is 4.40. The molecule has 0 atom stereocenters. The highest BCUT2D eigenvalue weighted by Crippen LogP contribution is 2.41. The summed E-state index contributed by atoms with van der Waals surface area (Å²) in [6, 6.07) is 3.98. The smallest absolute Gasteiger partial charge is 0.223 e. The number of carbonyl (C=O) groups is 1. The Labute approximate surface area is 154 Å². The van der Waals surface area contributed by atoms with E-state index >= 15 is 0 Å². The summed E-state index contributed by atoms with van der Waals surface area (Å²) in [6.07, 6.45) is 8.65. The van der Waals surface area contributed by atoms with Crippen molar-refractivity contribution in [2.75, 3.05) is 19.6 Å². The summed E-state index contributed by atoms with van der Waals surface area (Å²) in [5, 5.41) is 4.44. The normalized spacial score (nSPS) is 20.2. The van der Waals surface area contributed by atoms with E-state index < -0.39 is 0 Å². The van der Waals surface area contributed by atoms with E-state index in [0.717, 1.165) is 50.3 Å². The molecule has 138 valence electrons. The predicted molar refractivity (Wildman–Crippen MR) is 99.2 cm³/mol. The van der Waals surface area contributed by atoms with Crippen LogP contribution in [0, 0.1) is 12.3 Å². The first-order valence-electron chi connectivity index (χ1n) is 9.41. The molecule has 0 aromatic carbocycles. The van der Waals surface area contributed by atoms with E-state index in [-0.39, 0.29) is 5.41 Å². The average molecular weight is 353 g/mol. The van der Waals surface area contributed by atoms with Crippen molar-refractivity contribution in [3.8, 4) is 0 Å². The second-order valence-corrected chi connectivity index (χ2v) is 7.98. The van der Waals surface area contributed by atoms with Gasteiger partial charge in [0.15, 0.2) is 0 Å². The van der Waals surface area contributed by atoms with Gasteiger partial charge in [-0.2, -0.15) is 5.10 Å². The molecule has 4 heterocycles. The lowest BCUT2D eigenvalue weighted by Crippen LogP contribution is -2.41. The van der Waals surface area contributed by atoms with E-state index in [9.17, 15) is 4.79 Å². The molecule has 0 saturated carbocycles. The van der Waals surface area contributed by atoms with E-state index in [0.29, 0.717) is 18.9 Å². The Hall–Kier alpha value is -2.21. The number of aromatic nitrogens is 3. The molecule has 2 aliphatic heterocycles. The molecular weight excluding hydrogens is 326 g/mol. The van der Waals surface area contributed by atoms with Crippen molar-refractivity contribution >= 4 is 5.91 Å². The van der Waals surface area contributed by atoms with Crippen molar-refractivity contribution < 1.29 is 4.79 Å². The SMILES string of the molecule is Cc1nn(C)cc1CN1CCC2(CC1)CC(=O)N(Cc1cccnc1)C2. The number of amides is 1. The molecule has 2 aromatic rings. The zero-order valence-corrected chi connectivity index (χ0v) is 15.7. The molecule has 1 spiro atoms. The molecule has 0 radical (unpaired) electrons. The first kappa shape index (κ1) is 17.2. The lowest BCUT2D eigenvalue weighted by atomic mass is 9.77. The van der Waals surface area contributed by atoms with Crippen LogP contribution in [0.15, 0.2) is 30.7 Å². The second-order valence-electron chi connectivity index (χ2n) is 7.98. The van der Waals surface area contributed by atoms with E-state index in [1.807, 2.05) is 35.0 Å². The zero-order chi connectivity index (χ0) is 18.1. The minimum absolute atomic E-state index is 0.166. The van der Waals surface area contributed by atoms with Gasteiger partial charge in [-0.1, -0.05) is 6.07 Å². The number of pyridine rings is 1. The molecule has 0 N–H and O–H groups in total. The number of hydrogen-bond acceptors (Lipinski definition) is 4. The Balaban J connectivity index is 1.35. The first-order valence-corrected chi connectivity index (χ1v) is 9.41. The zero-order valence-electron chi connectivity index (χ0n) is 15.7.